The number of anilines is 1. The molecule has 0 radical (unpaired) electrons. The Morgan fingerprint density at radius 2 is 1.77 bits per heavy atom. The van der Waals surface area contributed by atoms with Crippen molar-refractivity contribution < 1.29 is 21.6 Å². The Morgan fingerprint density at radius 3 is 2.37 bits per heavy atom. The number of sulfonamides is 2. The fraction of sp³-hybridized carbons (Fsp3) is 0.350. The Bertz CT molecular complexity index is 1140. The fourth-order valence-electron chi connectivity index (χ4n) is 3.13. The number of hydrazone groups is 1. The highest BCUT2D eigenvalue weighted by molar-refractivity contribution is 7.92. The molecule has 1 aliphatic rings. The zero-order chi connectivity index (χ0) is 21.9. The third-order valence-corrected chi connectivity index (χ3v) is 7.82. The Balaban J connectivity index is 1.93. The predicted octanol–water partition coefficient (Wildman–Crippen LogP) is 2.96. The van der Waals surface area contributed by atoms with E-state index < -0.39 is 26.1 Å². The lowest BCUT2D eigenvalue weighted by Crippen LogP contribution is -2.28. The molecule has 2 aromatic rings. The van der Waals surface area contributed by atoms with Crippen LogP contribution in [0.2, 0.25) is 0 Å². The summed E-state index contributed by atoms with van der Waals surface area (Å²) in [7, 11) is -5.38. The van der Waals surface area contributed by atoms with Crippen molar-refractivity contribution in [3.63, 3.8) is 0 Å². The van der Waals surface area contributed by atoms with Gasteiger partial charge in [-0.05, 0) is 49.2 Å². The van der Waals surface area contributed by atoms with Gasteiger partial charge < -0.3 is 4.74 Å². The molecule has 3 rings (SSSR count). The summed E-state index contributed by atoms with van der Waals surface area (Å²) in [5.74, 6) is 0.553. The minimum Gasteiger partial charge on any atom is -0.497 e. The third kappa shape index (κ3) is 4.76. The van der Waals surface area contributed by atoms with Gasteiger partial charge in [0.1, 0.15) is 5.75 Å². The number of nitrogens with one attached hydrogen (secondary N) is 1. The molecule has 0 bridgehead atoms. The summed E-state index contributed by atoms with van der Waals surface area (Å²) in [6, 6.07) is 13.6. The van der Waals surface area contributed by atoms with Crippen LogP contribution in [0.4, 0.5) is 5.69 Å². The van der Waals surface area contributed by atoms with Crippen LogP contribution in [-0.2, 0) is 20.0 Å². The molecule has 0 amide bonds. The lowest BCUT2D eigenvalue weighted by molar-refractivity contribution is 0.369. The molecule has 2 aromatic carbocycles. The van der Waals surface area contributed by atoms with E-state index in [0.29, 0.717) is 23.6 Å². The van der Waals surface area contributed by atoms with Gasteiger partial charge in [0.2, 0.25) is 20.0 Å². The molecule has 0 saturated heterocycles. The average molecular weight is 452 g/mol. The van der Waals surface area contributed by atoms with Crippen molar-refractivity contribution in [2.45, 2.75) is 26.3 Å². The van der Waals surface area contributed by atoms with Gasteiger partial charge >= 0.3 is 0 Å². The van der Waals surface area contributed by atoms with Gasteiger partial charge in [0.25, 0.3) is 0 Å². The predicted molar refractivity (Wildman–Crippen MR) is 118 cm³/mol. The zero-order valence-electron chi connectivity index (χ0n) is 17.1. The van der Waals surface area contributed by atoms with Gasteiger partial charge in [-0.1, -0.05) is 24.3 Å². The Labute approximate surface area is 177 Å². The maximum Gasteiger partial charge on any atom is 0.250 e. The molecule has 10 heteroatoms. The van der Waals surface area contributed by atoms with Crippen molar-refractivity contribution in [1.82, 2.24) is 4.41 Å². The molecule has 0 saturated carbocycles. The van der Waals surface area contributed by atoms with Crippen LogP contribution in [0.15, 0.2) is 53.6 Å². The van der Waals surface area contributed by atoms with Gasteiger partial charge in [0, 0.05) is 12.1 Å². The number of methoxy groups -OCH3 is 1. The minimum atomic E-state index is -3.58. The topological polar surface area (TPSA) is 105 Å². The summed E-state index contributed by atoms with van der Waals surface area (Å²) in [6.07, 6.45) is 0.395. The van der Waals surface area contributed by atoms with Crippen molar-refractivity contribution in [3.05, 3.63) is 59.7 Å². The molecule has 162 valence electrons. The second kappa shape index (κ2) is 8.65. The van der Waals surface area contributed by atoms with E-state index in [0.717, 1.165) is 11.1 Å². The first-order valence-corrected chi connectivity index (χ1v) is 12.8. The highest BCUT2D eigenvalue weighted by atomic mass is 32.2. The number of benzene rings is 2. The van der Waals surface area contributed by atoms with Crippen LogP contribution >= 0.6 is 0 Å². The number of hydrogen-bond acceptors (Lipinski definition) is 6. The normalized spacial score (nSPS) is 17.0. The largest absolute Gasteiger partial charge is 0.497 e. The molecule has 0 unspecified atom stereocenters. The van der Waals surface area contributed by atoms with Crippen molar-refractivity contribution in [3.8, 4) is 5.75 Å². The Kier molecular flexibility index (Phi) is 6.37. The van der Waals surface area contributed by atoms with Crippen LogP contribution in [0, 0.1) is 0 Å². The van der Waals surface area contributed by atoms with Crippen molar-refractivity contribution >= 4 is 31.4 Å². The van der Waals surface area contributed by atoms with Gasteiger partial charge in [0.15, 0.2) is 0 Å². The fourth-order valence-corrected chi connectivity index (χ4v) is 4.84. The molecule has 1 atom stereocenters. The number of nitrogens with zero attached hydrogens (tertiary/aromatic N) is 2. The first kappa shape index (κ1) is 22.1. The Hall–Kier alpha value is -2.59. The van der Waals surface area contributed by atoms with Crippen LogP contribution in [0.3, 0.4) is 0 Å². The number of ether oxygens (including phenoxy) is 1. The Morgan fingerprint density at radius 1 is 1.07 bits per heavy atom. The molecule has 0 spiro atoms. The first-order valence-electron chi connectivity index (χ1n) is 9.53. The molecule has 0 aromatic heterocycles. The molecule has 8 nitrogen and oxygen atoms in total. The lowest BCUT2D eigenvalue weighted by atomic mass is 9.99. The molecule has 0 aliphatic carbocycles. The maximum atomic E-state index is 12.7. The quantitative estimate of drug-likeness (QED) is 0.664. The van der Waals surface area contributed by atoms with Crippen LogP contribution in [0.1, 0.15) is 37.4 Å². The van der Waals surface area contributed by atoms with Gasteiger partial charge in [-0.15, -0.1) is 0 Å². The summed E-state index contributed by atoms with van der Waals surface area (Å²) < 4.78 is 57.7. The highest BCUT2D eigenvalue weighted by Gasteiger charge is 2.36. The smallest absolute Gasteiger partial charge is 0.250 e. The van der Waals surface area contributed by atoms with Gasteiger partial charge in [-0.25, -0.2) is 16.8 Å². The molecule has 1 aliphatic heterocycles. The lowest BCUT2D eigenvalue weighted by Gasteiger charge is -2.23. The standard InChI is InChI=1S/C20H25N3O5S2/c1-4-29(24,25)22-17-11-9-15(10-12-17)19-14-20(23(21-19)30(26,27)5-2)16-7-6-8-18(13-16)28-3/h6-13,20,22H,4-5,14H2,1-3H3/t20-/m0/s1. The van der Waals surface area contributed by atoms with E-state index in [1.165, 1.54) is 4.41 Å². The summed E-state index contributed by atoms with van der Waals surface area (Å²) in [5.41, 5.74) is 2.58. The molecule has 1 N–H and O–H groups in total. The maximum absolute atomic E-state index is 12.7. The van der Waals surface area contributed by atoms with Crippen LogP contribution in [0.5, 0.6) is 5.75 Å². The van der Waals surface area contributed by atoms with Gasteiger partial charge in [-0.3, -0.25) is 4.72 Å². The van der Waals surface area contributed by atoms with Crippen molar-refractivity contribution in [1.29, 1.82) is 0 Å². The van der Waals surface area contributed by atoms with E-state index in [1.807, 2.05) is 18.2 Å². The summed E-state index contributed by atoms with van der Waals surface area (Å²) in [4.78, 5) is 0. The number of hydrogen-bond donors (Lipinski definition) is 1. The monoisotopic (exact) mass is 451 g/mol. The van der Waals surface area contributed by atoms with E-state index in [2.05, 4.69) is 9.82 Å². The summed E-state index contributed by atoms with van der Waals surface area (Å²) in [5, 5.41) is 4.42. The van der Waals surface area contributed by atoms with E-state index >= 15 is 0 Å². The first-order chi connectivity index (χ1) is 14.2. The van der Waals surface area contributed by atoms with Gasteiger partial charge in [-0.2, -0.15) is 9.52 Å². The van der Waals surface area contributed by atoms with E-state index in [4.69, 9.17) is 4.74 Å². The molecule has 1 heterocycles. The molecule has 30 heavy (non-hydrogen) atoms. The van der Waals surface area contributed by atoms with Crippen molar-refractivity contribution in [2.75, 3.05) is 23.3 Å². The summed E-state index contributed by atoms with van der Waals surface area (Å²) >= 11 is 0. The highest BCUT2D eigenvalue weighted by Crippen LogP contribution is 2.36. The van der Waals surface area contributed by atoms with E-state index in [1.54, 1.807) is 51.3 Å². The second-order valence-electron chi connectivity index (χ2n) is 6.80. The van der Waals surface area contributed by atoms with E-state index in [-0.39, 0.29) is 11.5 Å². The summed E-state index contributed by atoms with van der Waals surface area (Å²) in [6.45, 7) is 3.14. The SMILES string of the molecule is CCS(=O)(=O)Nc1ccc(C2=NN(S(=O)(=O)CC)[C@H](c3cccc(OC)c3)C2)cc1. The number of rotatable bonds is 8. The van der Waals surface area contributed by atoms with Crippen molar-refractivity contribution in [2.24, 2.45) is 5.10 Å². The third-order valence-electron chi connectivity index (χ3n) is 4.87. The zero-order valence-corrected chi connectivity index (χ0v) is 18.7. The molecule has 0 fully saturated rings. The van der Waals surface area contributed by atoms with Crippen LogP contribution < -0.4 is 9.46 Å². The molecular weight excluding hydrogens is 426 g/mol. The van der Waals surface area contributed by atoms with Gasteiger partial charge in [0.05, 0.1) is 30.4 Å². The molecular formula is C20H25N3O5S2. The van der Waals surface area contributed by atoms with Crippen LogP contribution in [0.25, 0.3) is 0 Å². The average Bonchev–Trinajstić information content (AvgIpc) is 3.20. The van der Waals surface area contributed by atoms with E-state index in [9.17, 15) is 16.8 Å². The minimum absolute atomic E-state index is 0.0203. The second-order valence-corrected chi connectivity index (χ2v) is 10.9. The van der Waals surface area contributed by atoms with Crippen LogP contribution in [-0.4, -0.2) is 45.6 Å².